The lowest BCUT2D eigenvalue weighted by Crippen LogP contribution is -2.29. The average Bonchev–Trinajstić information content (AvgIpc) is 2.26. The fourth-order valence-corrected chi connectivity index (χ4v) is 1.28. The predicted octanol–water partition coefficient (Wildman–Crippen LogP) is 4.22. The van der Waals surface area contributed by atoms with Gasteiger partial charge < -0.3 is 19.1 Å². The first kappa shape index (κ1) is 23.0. The van der Waals surface area contributed by atoms with Gasteiger partial charge in [-0.2, -0.15) is 0 Å². The van der Waals surface area contributed by atoms with Crippen molar-refractivity contribution >= 4 is 12.3 Å². The highest BCUT2D eigenvalue weighted by Gasteiger charge is 2.24. The Bertz CT molecular complexity index is 293. The number of carbonyl (C=O) groups excluding carboxylic acids is 2. The minimum atomic E-state index is -1.06. The zero-order valence-electron chi connectivity index (χ0n) is 15.6. The van der Waals surface area contributed by atoms with Crippen molar-refractivity contribution < 1.29 is 23.8 Å². The predicted molar refractivity (Wildman–Crippen MR) is 87.0 cm³/mol. The third kappa shape index (κ3) is 16.8. The zero-order valence-corrected chi connectivity index (χ0v) is 15.6. The Morgan fingerprint density at radius 2 is 1.00 bits per heavy atom. The molecule has 0 unspecified atom stereocenters. The highest BCUT2D eigenvalue weighted by Crippen LogP contribution is 2.11. The maximum Gasteiger partial charge on any atom is 0.519 e. The van der Waals surface area contributed by atoms with Crippen molar-refractivity contribution in [3.8, 4) is 0 Å². The molecular weight excluding hydrogens is 286 g/mol. The minimum Gasteiger partial charge on any atom is -0.428 e. The highest BCUT2D eigenvalue weighted by molar-refractivity contribution is 5.77. The van der Waals surface area contributed by atoms with Crippen LogP contribution in [0.15, 0.2) is 0 Å². The van der Waals surface area contributed by atoms with E-state index >= 15 is 0 Å². The van der Waals surface area contributed by atoms with Gasteiger partial charge in [0.05, 0.1) is 0 Å². The van der Waals surface area contributed by atoms with E-state index in [0.29, 0.717) is 0 Å². The number of ether oxygens (including phenoxy) is 3. The van der Waals surface area contributed by atoms with E-state index in [4.69, 9.17) is 9.47 Å². The number of hydrogen-bond donors (Lipinski definition) is 0. The summed E-state index contributed by atoms with van der Waals surface area (Å²) in [5, 5.41) is 0. The Morgan fingerprint density at radius 3 is 1.14 bits per heavy atom. The maximum absolute atomic E-state index is 11.0. The van der Waals surface area contributed by atoms with Crippen LogP contribution in [0.4, 0.5) is 9.59 Å². The second kappa shape index (κ2) is 10.4. The summed E-state index contributed by atoms with van der Waals surface area (Å²) in [5.41, 5.74) is -1.39. The van der Waals surface area contributed by atoms with Crippen LogP contribution in [0.25, 0.3) is 0 Å². The molecule has 0 rings (SSSR count). The fraction of sp³-hybridized carbons (Fsp3) is 0.875. The van der Waals surface area contributed by atoms with Crippen LogP contribution in [-0.2, 0) is 14.2 Å². The Morgan fingerprint density at radius 1 is 0.727 bits per heavy atom. The summed E-state index contributed by atoms with van der Waals surface area (Å²) < 4.78 is 13.8. The second-order valence-electron chi connectivity index (χ2n) is 6.65. The standard InChI is InChI=1S/C10H18O5.C6H15N/c1-9(2,3)14-7(11)13-8(12)15-10(4,5)6;1-4-7(5-2)6-3/h1-6H3;4-6H2,1-3H3. The van der Waals surface area contributed by atoms with Crippen LogP contribution < -0.4 is 0 Å². The normalized spacial score (nSPS) is 11.4. The van der Waals surface area contributed by atoms with E-state index in [1.165, 1.54) is 19.6 Å². The van der Waals surface area contributed by atoms with Crippen molar-refractivity contribution in [3.05, 3.63) is 0 Å². The van der Waals surface area contributed by atoms with Gasteiger partial charge in [-0.05, 0) is 61.2 Å². The quantitative estimate of drug-likeness (QED) is 0.573. The van der Waals surface area contributed by atoms with Crippen LogP contribution in [-0.4, -0.2) is 48.0 Å². The van der Waals surface area contributed by atoms with Gasteiger partial charge in [0.25, 0.3) is 0 Å². The van der Waals surface area contributed by atoms with Crippen molar-refractivity contribution in [1.29, 1.82) is 0 Å². The largest absolute Gasteiger partial charge is 0.519 e. The first-order valence-corrected chi connectivity index (χ1v) is 7.70. The summed E-state index contributed by atoms with van der Waals surface area (Å²) >= 11 is 0. The van der Waals surface area contributed by atoms with E-state index in [1.54, 1.807) is 41.5 Å². The van der Waals surface area contributed by atoms with Gasteiger partial charge in [0.2, 0.25) is 0 Å². The Labute approximate surface area is 135 Å². The van der Waals surface area contributed by atoms with Gasteiger partial charge in [0.15, 0.2) is 0 Å². The van der Waals surface area contributed by atoms with Crippen LogP contribution in [0.3, 0.4) is 0 Å². The summed E-state index contributed by atoms with van der Waals surface area (Å²) in [6.07, 6.45) is -2.12. The summed E-state index contributed by atoms with van der Waals surface area (Å²) in [6, 6.07) is 0. The van der Waals surface area contributed by atoms with Crippen LogP contribution in [0.1, 0.15) is 62.3 Å². The monoisotopic (exact) mass is 319 g/mol. The SMILES string of the molecule is CC(C)(C)OC(=O)OC(=O)OC(C)(C)C.CCN(CC)CC. The number of carbonyl (C=O) groups is 2. The molecule has 22 heavy (non-hydrogen) atoms. The Hall–Kier alpha value is -1.30. The van der Waals surface area contributed by atoms with Crippen LogP contribution in [0.2, 0.25) is 0 Å². The van der Waals surface area contributed by atoms with Gasteiger partial charge in [-0.3, -0.25) is 0 Å². The van der Waals surface area contributed by atoms with Gasteiger partial charge in [0.1, 0.15) is 11.2 Å². The smallest absolute Gasteiger partial charge is 0.428 e. The molecule has 0 aromatic carbocycles. The highest BCUT2D eigenvalue weighted by atomic mass is 16.8. The first-order chi connectivity index (χ1) is 9.84. The molecule has 0 heterocycles. The van der Waals surface area contributed by atoms with Gasteiger partial charge >= 0.3 is 12.3 Å². The summed E-state index contributed by atoms with van der Waals surface area (Å²) in [5.74, 6) is 0. The maximum atomic E-state index is 11.0. The molecule has 0 aliphatic rings. The van der Waals surface area contributed by atoms with Crippen molar-refractivity contribution in [2.75, 3.05) is 19.6 Å². The number of hydrogen-bond acceptors (Lipinski definition) is 6. The van der Waals surface area contributed by atoms with E-state index in [-0.39, 0.29) is 0 Å². The topological polar surface area (TPSA) is 65.1 Å². The molecule has 0 atom stereocenters. The summed E-state index contributed by atoms with van der Waals surface area (Å²) in [4.78, 5) is 24.4. The third-order valence-electron chi connectivity index (χ3n) is 2.29. The molecule has 0 N–H and O–H groups in total. The lowest BCUT2D eigenvalue weighted by Gasteiger charge is -2.20. The van der Waals surface area contributed by atoms with E-state index < -0.39 is 23.5 Å². The molecule has 132 valence electrons. The van der Waals surface area contributed by atoms with Gasteiger partial charge in [-0.1, -0.05) is 20.8 Å². The lowest BCUT2D eigenvalue weighted by molar-refractivity contribution is -0.0293. The van der Waals surface area contributed by atoms with Crippen molar-refractivity contribution in [2.45, 2.75) is 73.5 Å². The second-order valence-corrected chi connectivity index (χ2v) is 6.65. The van der Waals surface area contributed by atoms with Gasteiger partial charge in [-0.15, -0.1) is 0 Å². The van der Waals surface area contributed by atoms with E-state index in [9.17, 15) is 9.59 Å². The molecule has 0 bridgehead atoms. The summed E-state index contributed by atoms with van der Waals surface area (Å²) in [6.45, 7) is 20.1. The zero-order chi connectivity index (χ0) is 18.0. The Balaban J connectivity index is 0. The molecule has 6 heteroatoms. The first-order valence-electron chi connectivity index (χ1n) is 7.70. The van der Waals surface area contributed by atoms with Crippen LogP contribution in [0, 0.1) is 0 Å². The van der Waals surface area contributed by atoms with Crippen LogP contribution in [0.5, 0.6) is 0 Å². The molecule has 0 spiro atoms. The minimum absolute atomic E-state index is 0.695. The fourth-order valence-electron chi connectivity index (χ4n) is 1.28. The molecule has 0 aromatic heterocycles. The molecule has 0 aliphatic heterocycles. The number of rotatable bonds is 3. The van der Waals surface area contributed by atoms with Gasteiger partial charge in [0, 0.05) is 0 Å². The third-order valence-corrected chi connectivity index (χ3v) is 2.29. The van der Waals surface area contributed by atoms with Crippen molar-refractivity contribution in [2.24, 2.45) is 0 Å². The van der Waals surface area contributed by atoms with Crippen molar-refractivity contribution in [3.63, 3.8) is 0 Å². The molecule has 0 saturated heterocycles. The molecule has 0 saturated carbocycles. The van der Waals surface area contributed by atoms with Crippen LogP contribution >= 0.6 is 0 Å². The molecular formula is C16H33NO5. The lowest BCUT2D eigenvalue weighted by atomic mass is 10.2. The average molecular weight is 319 g/mol. The molecule has 0 aliphatic carbocycles. The number of nitrogens with zero attached hydrogens (tertiary/aromatic N) is 1. The van der Waals surface area contributed by atoms with E-state index in [0.717, 1.165) is 0 Å². The van der Waals surface area contributed by atoms with E-state index in [2.05, 4.69) is 30.4 Å². The summed E-state index contributed by atoms with van der Waals surface area (Å²) in [7, 11) is 0. The molecule has 6 nitrogen and oxygen atoms in total. The molecule has 0 fully saturated rings. The van der Waals surface area contributed by atoms with Crippen molar-refractivity contribution in [1.82, 2.24) is 4.90 Å². The molecule has 0 aromatic rings. The molecule has 0 amide bonds. The molecule has 0 radical (unpaired) electrons. The van der Waals surface area contributed by atoms with Gasteiger partial charge in [-0.25, -0.2) is 9.59 Å². The Kier molecular flexibility index (Phi) is 10.9. The van der Waals surface area contributed by atoms with E-state index in [1.807, 2.05) is 0 Å².